The number of hydrogen-bond acceptors (Lipinski definition) is 5. The predicted octanol–water partition coefficient (Wildman–Crippen LogP) is 4.43. The Morgan fingerprint density at radius 3 is 2.75 bits per heavy atom. The van der Waals surface area contributed by atoms with Gasteiger partial charge >= 0.3 is 5.97 Å². The van der Waals surface area contributed by atoms with Gasteiger partial charge in [-0.15, -0.1) is 0 Å². The molecule has 0 saturated carbocycles. The molecule has 2 fully saturated rings. The Labute approximate surface area is 192 Å². The molecule has 2 aromatic carbocycles. The zero-order valence-electron chi connectivity index (χ0n) is 17.8. The van der Waals surface area contributed by atoms with Gasteiger partial charge in [0, 0.05) is 24.1 Å². The van der Waals surface area contributed by atoms with E-state index in [0.717, 1.165) is 37.1 Å². The fraction of sp³-hybridized carbons (Fsp3) is 0.400. The van der Waals surface area contributed by atoms with Crippen molar-refractivity contribution in [3.63, 3.8) is 0 Å². The van der Waals surface area contributed by atoms with E-state index in [1.807, 2.05) is 30.3 Å². The molecule has 0 unspecified atom stereocenters. The van der Waals surface area contributed by atoms with Crippen molar-refractivity contribution in [3.05, 3.63) is 70.0 Å². The molecule has 2 saturated heterocycles. The van der Waals surface area contributed by atoms with Crippen molar-refractivity contribution in [2.45, 2.75) is 31.3 Å². The van der Waals surface area contributed by atoms with Crippen LogP contribution in [0, 0.1) is 5.82 Å². The molecule has 2 aromatic rings. The SMILES string of the molecule is O=C1OCC/C1=C\c1ccccc1OC[C@@H](O)CN1CCC(c2ccc(Cl)c(F)c2)CC1. The minimum Gasteiger partial charge on any atom is -0.490 e. The second-order valence-corrected chi connectivity index (χ2v) is 8.71. The van der Waals surface area contributed by atoms with E-state index >= 15 is 0 Å². The van der Waals surface area contributed by atoms with E-state index in [1.165, 1.54) is 6.07 Å². The average Bonchev–Trinajstić information content (AvgIpc) is 3.20. The maximum Gasteiger partial charge on any atom is 0.334 e. The van der Waals surface area contributed by atoms with Crippen molar-refractivity contribution in [2.24, 2.45) is 0 Å². The predicted molar refractivity (Wildman–Crippen MR) is 121 cm³/mol. The maximum atomic E-state index is 13.8. The van der Waals surface area contributed by atoms with E-state index in [0.29, 0.717) is 36.8 Å². The summed E-state index contributed by atoms with van der Waals surface area (Å²) in [5.74, 6) is 0.264. The Hall–Kier alpha value is -2.41. The lowest BCUT2D eigenvalue weighted by molar-refractivity contribution is -0.134. The first-order valence-corrected chi connectivity index (χ1v) is 11.3. The zero-order chi connectivity index (χ0) is 22.5. The van der Waals surface area contributed by atoms with Gasteiger partial charge in [0.2, 0.25) is 0 Å². The van der Waals surface area contributed by atoms with Gasteiger partial charge in [0.05, 0.1) is 11.6 Å². The fourth-order valence-electron chi connectivity index (χ4n) is 4.25. The van der Waals surface area contributed by atoms with E-state index in [4.69, 9.17) is 21.1 Å². The number of carbonyl (C=O) groups is 1. The summed E-state index contributed by atoms with van der Waals surface area (Å²) < 4.78 is 24.6. The van der Waals surface area contributed by atoms with E-state index in [1.54, 1.807) is 12.1 Å². The highest BCUT2D eigenvalue weighted by Gasteiger charge is 2.23. The molecule has 4 rings (SSSR count). The van der Waals surface area contributed by atoms with Crippen LogP contribution in [0.25, 0.3) is 6.08 Å². The quantitative estimate of drug-likeness (QED) is 0.490. The van der Waals surface area contributed by atoms with Crippen molar-refractivity contribution in [1.29, 1.82) is 0 Å². The maximum absolute atomic E-state index is 13.8. The fourth-order valence-corrected chi connectivity index (χ4v) is 4.37. The number of cyclic esters (lactones) is 1. The van der Waals surface area contributed by atoms with Gasteiger partial charge in [-0.05, 0) is 61.7 Å². The molecule has 0 spiro atoms. The normalized spacial score (nSPS) is 19.8. The highest BCUT2D eigenvalue weighted by atomic mass is 35.5. The molecule has 2 aliphatic heterocycles. The number of rotatable bonds is 7. The van der Waals surface area contributed by atoms with E-state index in [9.17, 15) is 14.3 Å². The Morgan fingerprint density at radius 1 is 1.25 bits per heavy atom. The van der Waals surface area contributed by atoms with Gasteiger partial charge in [0.25, 0.3) is 0 Å². The van der Waals surface area contributed by atoms with Crippen LogP contribution in [0.15, 0.2) is 48.0 Å². The molecule has 0 bridgehead atoms. The number of hydrogen-bond donors (Lipinski definition) is 1. The molecule has 5 nitrogen and oxygen atoms in total. The summed E-state index contributed by atoms with van der Waals surface area (Å²) in [4.78, 5) is 13.9. The van der Waals surface area contributed by atoms with Crippen molar-refractivity contribution in [1.82, 2.24) is 4.90 Å². The number of para-hydroxylation sites is 1. The number of piperidine rings is 1. The molecule has 170 valence electrons. The minimum absolute atomic E-state index is 0.148. The Bertz CT molecular complexity index is 988. The van der Waals surface area contributed by atoms with E-state index in [-0.39, 0.29) is 23.4 Å². The highest BCUT2D eigenvalue weighted by molar-refractivity contribution is 6.30. The third-order valence-electron chi connectivity index (χ3n) is 6.02. The summed E-state index contributed by atoms with van der Waals surface area (Å²) >= 11 is 5.79. The number of nitrogens with zero attached hydrogens (tertiary/aromatic N) is 1. The van der Waals surface area contributed by atoms with Gasteiger partial charge in [-0.2, -0.15) is 0 Å². The van der Waals surface area contributed by atoms with Crippen LogP contribution in [0.5, 0.6) is 5.75 Å². The van der Waals surface area contributed by atoms with Gasteiger partial charge in [-0.1, -0.05) is 35.9 Å². The van der Waals surface area contributed by atoms with Crippen LogP contribution in [0.4, 0.5) is 4.39 Å². The third-order valence-corrected chi connectivity index (χ3v) is 6.32. The lowest BCUT2D eigenvalue weighted by Gasteiger charge is -2.33. The Morgan fingerprint density at radius 2 is 2.03 bits per heavy atom. The topological polar surface area (TPSA) is 59.0 Å². The number of aliphatic hydroxyl groups excluding tert-OH is 1. The third kappa shape index (κ3) is 5.68. The molecular formula is C25H27ClFNO4. The second-order valence-electron chi connectivity index (χ2n) is 8.31. The van der Waals surface area contributed by atoms with Crippen LogP contribution in [-0.4, -0.2) is 54.9 Å². The van der Waals surface area contributed by atoms with Crippen LogP contribution in [0.1, 0.15) is 36.3 Å². The van der Waals surface area contributed by atoms with Gasteiger partial charge in [0.15, 0.2) is 0 Å². The first kappa shape index (κ1) is 22.8. The molecule has 32 heavy (non-hydrogen) atoms. The lowest BCUT2D eigenvalue weighted by atomic mass is 9.89. The van der Waals surface area contributed by atoms with Crippen LogP contribution < -0.4 is 4.74 Å². The van der Waals surface area contributed by atoms with Gasteiger partial charge < -0.3 is 19.5 Å². The number of ether oxygens (including phenoxy) is 2. The standard InChI is InChI=1S/C25H27ClFNO4/c26-22-6-5-18(14-23(22)27)17-7-10-28(11-8-17)15-21(29)16-32-24-4-2-1-3-19(24)13-20-9-12-31-25(20)30/h1-6,13-14,17,21,29H,7-12,15-16H2/b20-13+/t21-/m0/s1. The number of β-amino-alcohol motifs (C(OH)–C–C–N with tert-alkyl or cyclic N) is 1. The van der Waals surface area contributed by atoms with E-state index in [2.05, 4.69) is 4.90 Å². The molecule has 1 N–H and O–H groups in total. The Balaban J connectivity index is 1.27. The van der Waals surface area contributed by atoms with Gasteiger partial charge in [-0.3, -0.25) is 0 Å². The van der Waals surface area contributed by atoms with Gasteiger partial charge in [-0.25, -0.2) is 9.18 Å². The summed E-state index contributed by atoms with van der Waals surface area (Å²) in [6.07, 6.45) is 3.55. The highest BCUT2D eigenvalue weighted by Crippen LogP contribution is 2.30. The number of aliphatic hydroxyl groups is 1. The van der Waals surface area contributed by atoms with Crippen LogP contribution >= 0.6 is 11.6 Å². The number of esters is 1. The smallest absolute Gasteiger partial charge is 0.334 e. The number of benzene rings is 2. The van der Waals surface area contributed by atoms with Crippen molar-refractivity contribution < 1.29 is 23.8 Å². The first-order valence-electron chi connectivity index (χ1n) is 10.9. The molecule has 0 aromatic heterocycles. The van der Waals surface area contributed by atoms with Crippen molar-refractivity contribution in [3.8, 4) is 5.75 Å². The molecule has 2 aliphatic rings. The average molecular weight is 460 g/mol. The molecule has 0 amide bonds. The summed E-state index contributed by atoms with van der Waals surface area (Å²) in [6.45, 7) is 2.74. The Kier molecular flexibility index (Phi) is 7.45. The molecule has 1 atom stereocenters. The van der Waals surface area contributed by atoms with E-state index < -0.39 is 6.10 Å². The van der Waals surface area contributed by atoms with Crippen LogP contribution in [-0.2, 0) is 9.53 Å². The zero-order valence-corrected chi connectivity index (χ0v) is 18.6. The summed E-state index contributed by atoms with van der Waals surface area (Å²) in [7, 11) is 0. The lowest BCUT2D eigenvalue weighted by Crippen LogP contribution is -2.40. The minimum atomic E-state index is -0.642. The number of likely N-dealkylation sites (tertiary alicyclic amines) is 1. The summed E-state index contributed by atoms with van der Waals surface area (Å²) in [6, 6.07) is 12.5. The molecule has 2 heterocycles. The summed E-state index contributed by atoms with van der Waals surface area (Å²) in [5, 5.41) is 10.7. The van der Waals surface area contributed by atoms with Gasteiger partial charge in [0.1, 0.15) is 24.3 Å². The first-order chi connectivity index (χ1) is 15.5. The largest absolute Gasteiger partial charge is 0.490 e. The monoisotopic (exact) mass is 459 g/mol. The molecule has 0 radical (unpaired) electrons. The molecule has 0 aliphatic carbocycles. The summed E-state index contributed by atoms with van der Waals surface area (Å²) in [5.41, 5.74) is 2.40. The van der Waals surface area contributed by atoms with Crippen LogP contribution in [0.2, 0.25) is 5.02 Å². The van der Waals surface area contributed by atoms with Crippen LogP contribution in [0.3, 0.4) is 0 Å². The number of halogens is 2. The van der Waals surface area contributed by atoms with Crippen molar-refractivity contribution in [2.75, 3.05) is 32.8 Å². The molecular weight excluding hydrogens is 433 g/mol. The molecule has 7 heteroatoms. The number of carbonyl (C=O) groups excluding carboxylic acids is 1. The second kappa shape index (κ2) is 10.5. The van der Waals surface area contributed by atoms with Crippen molar-refractivity contribution >= 4 is 23.6 Å².